The number of piperidine rings is 1. The number of carbonyl (C=O) groups is 1. The van der Waals surface area contributed by atoms with Crippen molar-refractivity contribution in [2.24, 2.45) is 0 Å². The normalized spacial score (nSPS) is 16.5. The first-order valence-corrected chi connectivity index (χ1v) is 12.0. The Labute approximate surface area is 187 Å². The van der Waals surface area contributed by atoms with E-state index in [-0.39, 0.29) is 5.91 Å². The van der Waals surface area contributed by atoms with Crippen molar-refractivity contribution in [3.8, 4) is 5.69 Å². The molecule has 1 amide bonds. The second-order valence-corrected chi connectivity index (χ2v) is 9.06. The summed E-state index contributed by atoms with van der Waals surface area (Å²) in [5.41, 5.74) is 3.33. The van der Waals surface area contributed by atoms with Gasteiger partial charge in [-0.05, 0) is 56.1 Å². The number of thioether (sulfide) groups is 1. The van der Waals surface area contributed by atoms with Crippen LogP contribution in [0.2, 0.25) is 0 Å². The zero-order chi connectivity index (χ0) is 21.0. The number of carbonyl (C=O) groups excluding carboxylic acids is 1. The predicted octanol–water partition coefficient (Wildman–Crippen LogP) is 3.93. The summed E-state index contributed by atoms with van der Waals surface area (Å²) in [6.07, 6.45) is 4.72. The first-order chi connectivity index (χ1) is 15.3. The fourth-order valence-corrected chi connectivity index (χ4v) is 5.30. The van der Waals surface area contributed by atoms with E-state index in [9.17, 15) is 4.79 Å². The van der Waals surface area contributed by atoms with Crippen molar-refractivity contribution in [2.45, 2.75) is 37.4 Å². The number of rotatable bonds is 6. The topological polar surface area (TPSA) is 54.3 Å². The fraction of sp³-hybridized carbons (Fsp3) is 0.375. The molecule has 0 N–H and O–H groups in total. The third-order valence-electron chi connectivity index (χ3n) is 6.04. The number of likely N-dealkylation sites (tertiary alicyclic amines) is 1. The van der Waals surface area contributed by atoms with Crippen molar-refractivity contribution in [2.75, 3.05) is 30.3 Å². The number of fused-ring (bicyclic) bond motifs is 1. The number of hydrogen-bond donors (Lipinski definition) is 0. The Hall–Kier alpha value is -2.64. The van der Waals surface area contributed by atoms with Gasteiger partial charge in [-0.15, -0.1) is 10.2 Å². The van der Waals surface area contributed by atoms with E-state index in [4.69, 9.17) is 0 Å². The number of benzene rings is 2. The second kappa shape index (κ2) is 9.24. The highest BCUT2D eigenvalue weighted by atomic mass is 32.2. The Morgan fingerprint density at radius 1 is 0.903 bits per heavy atom. The molecule has 0 radical (unpaired) electrons. The molecule has 2 aliphatic rings. The largest absolute Gasteiger partial charge is 0.311 e. The van der Waals surface area contributed by atoms with Crippen molar-refractivity contribution in [1.82, 2.24) is 19.7 Å². The van der Waals surface area contributed by atoms with Crippen molar-refractivity contribution in [3.63, 3.8) is 0 Å². The number of amides is 1. The SMILES string of the molecule is O=C(CSc1nnc(CN2CCCCC2)n1-c1ccccc1)N1CCc2ccccc21. The van der Waals surface area contributed by atoms with Gasteiger partial charge in [0.15, 0.2) is 11.0 Å². The molecule has 0 bridgehead atoms. The summed E-state index contributed by atoms with van der Waals surface area (Å²) in [6, 6.07) is 18.4. The molecule has 3 aromatic rings. The smallest absolute Gasteiger partial charge is 0.237 e. The van der Waals surface area contributed by atoms with Gasteiger partial charge in [-0.1, -0.05) is 54.6 Å². The van der Waals surface area contributed by atoms with E-state index < -0.39 is 0 Å². The lowest BCUT2D eigenvalue weighted by Gasteiger charge is -2.26. The van der Waals surface area contributed by atoms with Crippen molar-refractivity contribution in [1.29, 1.82) is 0 Å². The standard InChI is InChI=1S/C24H27N5OS/c30-23(28-16-13-19-9-5-6-12-21(19)28)18-31-24-26-25-22(17-27-14-7-2-8-15-27)29(24)20-10-3-1-4-11-20/h1,3-6,9-12H,2,7-8,13-18H2. The predicted molar refractivity (Wildman–Crippen MR) is 124 cm³/mol. The monoisotopic (exact) mass is 433 g/mol. The van der Waals surface area contributed by atoms with Crippen LogP contribution in [0.3, 0.4) is 0 Å². The van der Waals surface area contributed by atoms with Gasteiger partial charge in [0.25, 0.3) is 0 Å². The van der Waals surface area contributed by atoms with Crippen molar-refractivity contribution in [3.05, 3.63) is 66.0 Å². The molecular formula is C24H27N5OS. The number of anilines is 1. The van der Waals surface area contributed by atoms with Gasteiger partial charge in [0, 0.05) is 17.9 Å². The zero-order valence-corrected chi connectivity index (χ0v) is 18.4. The van der Waals surface area contributed by atoms with Crippen LogP contribution in [0, 0.1) is 0 Å². The molecule has 1 saturated heterocycles. The van der Waals surface area contributed by atoms with Crippen LogP contribution in [0.4, 0.5) is 5.69 Å². The molecule has 1 aromatic heterocycles. The molecule has 0 saturated carbocycles. The van der Waals surface area contributed by atoms with E-state index in [1.54, 1.807) is 0 Å². The van der Waals surface area contributed by atoms with Gasteiger partial charge >= 0.3 is 0 Å². The van der Waals surface area contributed by atoms with E-state index in [0.29, 0.717) is 5.75 Å². The molecule has 0 unspecified atom stereocenters. The summed E-state index contributed by atoms with van der Waals surface area (Å²) < 4.78 is 2.12. The highest BCUT2D eigenvalue weighted by molar-refractivity contribution is 7.99. The van der Waals surface area contributed by atoms with Gasteiger partial charge in [0.05, 0.1) is 12.3 Å². The Balaban J connectivity index is 1.34. The lowest BCUT2D eigenvalue weighted by Crippen LogP contribution is -2.31. The van der Waals surface area contributed by atoms with Crippen LogP contribution < -0.4 is 4.90 Å². The second-order valence-electron chi connectivity index (χ2n) is 8.12. The lowest BCUT2D eigenvalue weighted by atomic mass is 10.1. The molecule has 7 heteroatoms. The number of aromatic nitrogens is 3. The lowest BCUT2D eigenvalue weighted by molar-refractivity contribution is -0.116. The molecule has 2 aliphatic heterocycles. The van der Waals surface area contributed by atoms with Crippen LogP contribution in [0.1, 0.15) is 30.7 Å². The van der Waals surface area contributed by atoms with E-state index >= 15 is 0 Å². The molecule has 3 heterocycles. The first kappa shape index (κ1) is 20.3. The summed E-state index contributed by atoms with van der Waals surface area (Å²) in [4.78, 5) is 17.3. The highest BCUT2D eigenvalue weighted by Crippen LogP contribution is 2.29. The Morgan fingerprint density at radius 2 is 1.68 bits per heavy atom. The summed E-state index contributed by atoms with van der Waals surface area (Å²) >= 11 is 1.47. The van der Waals surface area contributed by atoms with Crippen LogP contribution in [0.5, 0.6) is 0 Å². The fourth-order valence-electron chi connectivity index (χ4n) is 4.45. The highest BCUT2D eigenvalue weighted by Gasteiger charge is 2.25. The summed E-state index contributed by atoms with van der Waals surface area (Å²) in [5, 5.41) is 9.78. The molecule has 31 heavy (non-hydrogen) atoms. The number of hydrogen-bond acceptors (Lipinski definition) is 5. The average molecular weight is 434 g/mol. The maximum absolute atomic E-state index is 13.0. The van der Waals surface area contributed by atoms with E-state index in [2.05, 4.69) is 37.9 Å². The third kappa shape index (κ3) is 4.38. The minimum atomic E-state index is 0.121. The maximum Gasteiger partial charge on any atom is 0.237 e. The van der Waals surface area contributed by atoms with Crippen LogP contribution in [0.15, 0.2) is 59.8 Å². The Morgan fingerprint density at radius 3 is 2.52 bits per heavy atom. The van der Waals surface area contributed by atoms with Gasteiger partial charge in [0.1, 0.15) is 0 Å². The van der Waals surface area contributed by atoms with E-state index in [1.165, 1.54) is 36.6 Å². The van der Waals surface area contributed by atoms with Crippen LogP contribution in [-0.4, -0.2) is 51.0 Å². The van der Waals surface area contributed by atoms with E-state index in [1.807, 2.05) is 41.3 Å². The van der Waals surface area contributed by atoms with Gasteiger partial charge < -0.3 is 4.90 Å². The molecule has 6 nitrogen and oxygen atoms in total. The van der Waals surface area contributed by atoms with Gasteiger partial charge in [-0.25, -0.2) is 0 Å². The molecule has 0 atom stereocenters. The molecule has 160 valence electrons. The maximum atomic E-state index is 13.0. The zero-order valence-electron chi connectivity index (χ0n) is 17.6. The van der Waals surface area contributed by atoms with Crippen molar-refractivity contribution < 1.29 is 4.79 Å². The summed E-state index contributed by atoms with van der Waals surface area (Å²) in [5.74, 6) is 1.41. The van der Waals surface area contributed by atoms with Crippen LogP contribution >= 0.6 is 11.8 Å². The molecule has 0 spiro atoms. The molecular weight excluding hydrogens is 406 g/mol. The van der Waals surface area contributed by atoms with Crippen molar-refractivity contribution >= 4 is 23.4 Å². The molecule has 1 fully saturated rings. The van der Waals surface area contributed by atoms with Crippen LogP contribution in [0.25, 0.3) is 5.69 Å². The van der Waals surface area contributed by atoms with Crippen LogP contribution in [-0.2, 0) is 17.8 Å². The minimum absolute atomic E-state index is 0.121. The molecule has 5 rings (SSSR count). The minimum Gasteiger partial charge on any atom is -0.311 e. The van der Waals surface area contributed by atoms with Gasteiger partial charge in [-0.2, -0.15) is 0 Å². The van der Waals surface area contributed by atoms with E-state index in [0.717, 1.165) is 55.0 Å². The van der Waals surface area contributed by atoms with Gasteiger partial charge in [-0.3, -0.25) is 14.3 Å². The quantitative estimate of drug-likeness (QED) is 0.551. The average Bonchev–Trinajstić information content (AvgIpc) is 3.43. The number of para-hydroxylation sites is 2. The molecule has 2 aromatic carbocycles. The Bertz CT molecular complexity index is 1050. The first-order valence-electron chi connectivity index (χ1n) is 11.0. The molecule has 0 aliphatic carbocycles. The van der Waals surface area contributed by atoms with Gasteiger partial charge in [0.2, 0.25) is 5.91 Å². The third-order valence-corrected chi connectivity index (χ3v) is 6.96. The summed E-state index contributed by atoms with van der Waals surface area (Å²) in [7, 11) is 0. The summed E-state index contributed by atoms with van der Waals surface area (Å²) in [6.45, 7) is 3.76. The number of nitrogens with zero attached hydrogens (tertiary/aromatic N) is 5. The Kier molecular flexibility index (Phi) is 6.04.